The molecule has 0 saturated carbocycles. The number of aryl methyl sites for hydroxylation is 1. The van der Waals surface area contributed by atoms with E-state index in [4.69, 9.17) is 5.73 Å². The van der Waals surface area contributed by atoms with Crippen molar-refractivity contribution in [3.8, 4) is 0 Å². The second-order valence-electron chi connectivity index (χ2n) is 6.35. The van der Waals surface area contributed by atoms with Crippen molar-refractivity contribution in [2.24, 2.45) is 5.73 Å². The lowest BCUT2D eigenvalue weighted by atomic mass is 10.0. The average Bonchev–Trinajstić information content (AvgIpc) is 2.94. The van der Waals surface area contributed by atoms with E-state index in [-0.39, 0.29) is 6.04 Å². The molecule has 3 nitrogen and oxygen atoms in total. The zero-order valence-electron chi connectivity index (χ0n) is 13.9. The minimum Gasteiger partial charge on any atom is -0.323 e. The van der Waals surface area contributed by atoms with Gasteiger partial charge < -0.3 is 10.6 Å². The number of rotatable bonds is 7. The predicted molar refractivity (Wildman–Crippen MR) is 90.5 cm³/mol. The van der Waals surface area contributed by atoms with Gasteiger partial charge in [-0.1, -0.05) is 38.1 Å². The van der Waals surface area contributed by atoms with Crippen LogP contribution in [0.2, 0.25) is 0 Å². The second kappa shape index (κ2) is 7.92. The quantitative estimate of drug-likeness (QED) is 0.837. The summed E-state index contributed by atoms with van der Waals surface area (Å²) in [4.78, 5) is 5.00. The van der Waals surface area contributed by atoms with Crippen LogP contribution in [0.3, 0.4) is 0 Å². The molecule has 2 atom stereocenters. The minimum atomic E-state index is 0.109. The van der Waals surface area contributed by atoms with Crippen LogP contribution in [-0.4, -0.2) is 49.1 Å². The molecular formula is C18H31N3. The van der Waals surface area contributed by atoms with Gasteiger partial charge in [0.1, 0.15) is 0 Å². The molecule has 2 N–H and O–H groups in total. The largest absolute Gasteiger partial charge is 0.323 e. The maximum absolute atomic E-state index is 6.37. The van der Waals surface area contributed by atoms with Crippen molar-refractivity contribution in [2.75, 3.05) is 33.2 Å². The fraction of sp³-hybridized carbons (Fsp3) is 0.667. The van der Waals surface area contributed by atoms with E-state index >= 15 is 0 Å². The van der Waals surface area contributed by atoms with Crippen molar-refractivity contribution in [1.82, 2.24) is 9.80 Å². The highest BCUT2D eigenvalue weighted by atomic mass is 15.2. The Morgan fingerprint density at radius 3 is 2.62 bits per heavy atom. The number of hydrogen-bond donors (Lipinski definition) is 1. The van der Waals surface area contributed by atoms with Crippen LogP contribution in [0.15, 0.2) is 24.3 Å². The van der Waals surface area contributed by atoms with Crippen LogP contribution in [0.25, 0.3) is 0 Å². The van der Waals surface area contributed by atoms with Crippen LogP contribution >= 0.6 is 0 Å². The summed E-state index contributed by atoms with van der Waals surface area (Å²) in [5, 5.41) is 0. The zero-order chi connectivity index (χ0) is 15.2. The first-order valence-corrected chi connectivity index (χ1v) is 8.41. The van der Waals surface area contributed by atoms with Crippen molar-refractivity contribution >= 4 is 0 Å². The number of nitrogens with two attached hydrogens (primary N) is 1. The molecule has 1 aromatic carbocycles. The van der Waals surface area contributed by atoms with Gasteiger partial charge in [0.25, 0.3) is 0 Å². The fourth-order valence-corrected chi connectivity index (χ4v) is 3.39. The highest BCUT2D eigenvalue weighted by molar-refractivity contribution is 5.25. The van der Waals surface area contributed by atoms with E-state index in [9.17, 15) is 0 Å². The molecule has 0 bridgehead atoms. The maximum Gasteiger partial charge on any atom is 0.0424 e. The lowest BCUT2D eigenvalue weighted by molar-refractivity contribution is 0.193. The average molecular weight is 289 g/mol. The van der Waals surface area contributed by atoms with Crippen LogP contribution in [0.1, 0.15) is 43.9 Å². The van der Waals surface area contributed by atoms with Gasteiger partial charge in [-0.3, -0.25) is 4.90 Å². The van der Waals surface area contributed by atoms with Crippen LogP contribution in [0.5, 0.6) is 0 Å². The Morgan fingerprint density at radius 2 is 2.00 bits per heavy atom. The predicted octanol–water partition coefficient (Wildman–Crippen LogP) is 2.66. The number of likely N-dealkylation sites (N-methyl/N-ethyl adjacent to an activating group) is 2. The summed E-state index contributed by atoms with van der Waals surface area (Å²) < 4.78 is 0. The first-order valence-electron chi connectivity index (χ1n) is 8.41. The molecule has 21 heavy (non-hydrogen) atoms. The lowest BCUT2D eigenvalue weighted by Gasteiger charge is -2.29. The smallest absolute Gasteiger partial charge is 0.0424 e. The Bertz CT molecular complexity index is 415. The summed E-state index contributed by atoms with van der Waals surface area (Å²) in [6, 6.07) is 9.60. The normalized spacial score (nSPS) is 21.1. The molecule has 1 saturated heterocycles. The Balaban J connectivity index is 1.84. The van der Waals surface area contributed by atoms with Crippen molar-refractivity contribution in [2.45, 2.75) is 45.2 Å². The Morgan fingerprint density at radius 1 is 1.29 bits per heavy atom. The van der Waals surface area contributed by atoms with Gasteiger partial charge in [-0.2, -0.15) is 0 Å². The van der Waals surface area contributed by atoms with Gasteiger partial charge >= 0.3 is 0 Å². The van der Waals surface area contributed by atoms with Crippen molar-refractivity contribution in [1.29, 1.82) is 0 Å². The highest BCUT2D eigenvalue weighted by Crippen LogP contribution is 2.19. The SMILES string of the molecule is CCc1ccc(C(N)CN(C)CC2CCCN2CC)cc1. The third-order valence-corrected chi connectivity index (χ3v) is 4.75. The molecule has 118 valence electrons. The van der Waals surface area contributed by atoms with Gasteiger partial charge in [0.05, 0.1) is 0 Å². The van der Waals surface area contributed by atoms with Gasteiger partial charge in [-0.05, 0) is 50.5 Å². The number of benzene rings is 1. The molecule has 1 heterocycles. The standard InChI is InChI=1S/C18H31N3/c1-4-15-8-10-16(11-9-15)18(19)14-20(3)13-17-7-6-12-21(17)5-2/h8-11,17-18H,4-7,12-14,19H2,1-3H3. The monoisotopic (exact) mass is 289 g/mol. The molecule has 0 radical (unpaired) electrons. The zero-order valence-corrected chi connectivity index (χ0v) is 13.9. The molecule has 2 unspecified atom stereocenters. The molecular weight excluding hydrogens is 258 g/mol. The summed E-state index contributed by atoms with van der Waals surface area (Å²) in [5.41, 5.74) is 9.00. The van der Waals surface area contributed by atoms with E-state index < -0.39 is 0 Å². The topological polar surface area (TPSA) is 32.5 Å². The molecule has 0 spiro atoms. The third kappa shape index (κ3) is 4.53. The van der Waals surface area contributed by atoms with E-state index in [2.05, 4.69) is 55.0 Å². The van der Waals surface area contributed by atoms with Gasteiger partial charge in [0.15, 0.2) is 0 Å². The van der Waals surface area contributed by atoms with Crippen LogP contribution < -0.4 is 5.73 Å². The Hall–Kier alpha value is -0.900. The first kappa shape index (κ1) is 16.5. The summed E-state index contributed by atoms with van der Waals surface area (Å²) in [6.45, 7) is 8.94. The van der Waals surface area contributed by atoms with E-state index in [1.54, 1.807) is 0 Å². The minimum absolute atomic E-state index is 0.109. The van der Waals surface area contributed by atoms with Gasteiger partial charge in [-0.25, -0.2) is 0 Å². The molecule has 3 heteroatoms. The maximum atomic E-state index is 6.37. The van der Waals surface area contributed by atoms with Gasteiger partial charge in [-0.15, -0.1) is 0 Å². The summed E-state index contributed by atoms with van der Waals surface area (Å²) in [7, 11) is 2.20. The molecule has 0 amide bonds. The van der Waals surface area contributed by atoms with E-state index in [1.165, 1.54) is 37.1 Å². The summed E-state index contributed by atoms with van der Waals surface area (Å²) >= 11 is 0. The second-order valence-corrected chi connectivity index (χ2v) is 6.35. The Kier molecular flexibility index (Phi) is 6.22. The molecule has 1 fully saturated rings. The van der Waals surface area contributed by atoms with E-state index in [0.29, 0.717) is 0 Å². The molecule has 1 aliphatic heterocycles. The van der Waals surface area contributed by atoms with Crippen LogP contribution in [0.4, 0.5) is 0 Å². The molecule has 1 aromatic rings. The molecule has 0 aliphatic carbocycles. The van der Waals surface area contributed by atoms with Crippen LogP contribution in [0, 0.1) is 0 Å². The number of nitrogens with zero attached hydrogens (tertiary/aromatic N) is 2. The molecule has 1 aliphatic rings. The van der Waals surface area contributed by atoms with Crippen LogP contribution in [-0.2, 0) is 6.42 Å². The first-order chi connectivity index (χ1) is 10.1. The summed E-state index contributed by atoms with van der Waals surface area (Å²) in [6.07, 6.45) is 3.76. The summed E-state index contributed by atoms with van der Waals surface area (Å²) in [5.74, 6) is 0. The van der Waals surface area contributed by atoms with Gasteiger partial charge in [0, 0.05) is 25.2 Å². The lowest BCUT2D eigenvalue weighted by Crippen LogP contribution is -2.41. The Labute approximate surface area is 130 Å². The number of likely N-dealkylation sites (tertiary alicyclic amines) is 1. The highest BCUT2D eigenvalue weighted by Gasteiger charge is 2.24. The third-order valence-electron chi connectivity index (χ3n) is 4.75. The van der Waals surface area contributed by atoms with Gasteiger partial charge in [0.2, 0.25) is 0 Å². The van der Waals surface area contributed by atoms with Crippen molar-refractivity contribution < 1.29 is 0 Å². The fourth-order valence-electron chi connectivity index (χ4n) is 3.39. The van der Waals surface area contributed by atoms with Crippen molar-refractivity contribution in [3.63, 3.8) is 0 Å². The molecule has 2 rings (SSSR count). The van der Waals surface area contributed by atoms with E-state index in [1.807, 2.05) is 0 Å². The van der Waals surface area contributed by atoms with Crippen molar-refractivity contribution in [3.05, 3.63) is 35.4 Å². The number of hydrogen-bond acceptors (Lipinski definition) is 3. The molecule has 0 aromatic heterocycles. The van der Waals surface area contributed by atoms with E-state index in [0.717, 1.165) is 25.6 Å².